The minimum atomic E-state index is -0.756. The van der Waals surface area contributed by atoms with Crippen molar-refractivity contribution < 1.29 is 18.4 Å². The first-order valence-corrected chi connectivity index (χ1v) is 7.50. The lowest BCUT2D eigenvalue weighted by molar-refractivity contribution is -0.385. The van der Waals surface area contributed by atoms with E-state index in [-0.39, 0.29) is 22.1 Å². The zero-order valence-corrected chi connectivity index (χ0v) is 13.3. The van der Waals surface area contributed by atoms with E-state index in [0.29, 0.717) is 5.56 Å². The van der Waals surface area contributed by atoms with Gasteiger partial charge in [-0.2, -0.15) is 0 Å². The Morgan fingerprint density at radius 1 is 0.920 bits per heavy atom. The normalized spacial score (nSPS) is 10.5. The van der Waals surface area contributed by atoms with Gasteiger partial charge in [0.2, 0.25) is 5.75 Å². The van der Waals surface area contributed by atoms with Crippen LogP contribution in [0.3, 0.4) is 0 Å². The van der Waals surface area contributed by atoms with Crippen molar-refractivity contribution in [3.05, 3.63) is 87.4 Å². The molecule has 3 aromatic rings. The smallest absolute Gasteiger partial charge is 0.314 e. The second-order valence-corrected chi connectivity index (χ2v) is 5.48. The molecule has 0 saturated carbocycles. The van der Waals surface area contributed by atoms with Crippen molar-refractivity contribution in [2.45, 2.75) is 0 Å². The number of halogens is 3. The number of ether oxygens (including phenoxy) is 1. The Kier molecular flexibility index (Phi) is 4.63. The standard InChI is InChI=1S/C18H10ClF2NO3/c19-14-6-3-5-13(18(14)21)12-4-1-2-7-16(12)25-17-9-8-11(20)10-15(17)22(23)24/h1-10H. The molecule has 0 amide bonds. The van der Waals surface area contributed by atoms with E-state index in [1.54, 1.807) is 24.3 Å². The van der Waals surface area contributed by atoms with Gasteiger partial charge in [0.25, 0.3) is 0 Å². The lowest BCUT2D eigenvalue weighted by Gasteiger charge is -2.12. The van der Waals surface area contributed by atoms with Crippen LogP contribution in [0.4, 0.5) is 14.5 Å². The van der Waals surface area contributed by atoms with Gasteiger partial charge in [-0.3, -0.25) is 10.1 Å². The molecule has 0 heterocycles. The summed E-state index contributed by atoms with van der Waals surface area (Å²) in [6, 6.07) is 13.9. The van der Waals surface area contributed by atoms with Crippen molar-refractivity contribution in [1.29, 1.82) is 0 Å². The van der Waals surface area contributed by atoms with Gasteiger partial charge in [-0.1, -0.05) is 41.9 Å². The molecular weight excluding hydrogens is 352 g/mol. The first kappa shape index (κ1) is 16.9. The van der Waals surface area contributed by atoms with Crippen LogP contribution in [0.5, 0.6) is 11.5 Å². The average Bonchev–Trinajstić information content (AvgIpc) is 2.59. The molecule has 0 bridgehead atoms. The maximum absolute atomic E-state index is 14.3. The largest absolute Gasteiger partial charge is 0.449 e. The van der Waals surface area contributed by atoms with Crippen LogP contribution in [0.1, 0.15) is 0 Å². The van der Waals surface area contributed by atoms with E-state index in [1.807, 2.05) is 0 Å². The van der Waals surface area contributed by atoms with Gasteiger partial charge in [0.1, 0.15) is 17.4 Å². The molecule has 0 N–H and O–H groups in total. The highest BCUT2D eigenvalue weighted by Gasteiger charge is 2.19. The van der Waals surface area contributed by atoms with Crippen molar-refractivity contribution in [1.82, 2.24) is 0 Å². The highest BCUT2D eigenvalue weighted by molar-refractivity contribution is 6.31. The van der Waals surface area contributed by atoms with Crippen LogP contribution in [0.25, 0.3) is 11.1 Å². The summed E-state index contributed by atoms with van der Waals surface area (Å²) in [5.41, 5.74) is 0.0235. The third kappa shape index (κ3) is 3.44. The van der Waals surface area contributed by atoms with Gasteiger partial charge in [-0.05, 0) is 24.3 Å². The number of hydrogen-bond acceptors (Lipinski definition) is 3. The van der Waals surface area contributed by atoms with Crippen LogP contribution >= 0.6 is 11.6 Å². The van der Waals surface area contributed by atoms with Gasteiger partial charge in [-0.25, -0.2) is 8.78 Å². The second-order valence-electron chi connectivity index (χ2n) is 5.07. The fourth-order valence-corrected chi connectivity index (χ4v) is 2.50. The summed E-state index contributed by atoms with van der Waals surface area (Å²) < 4.78 is 33.2. The molecule has 3 rings (SSSR count). The Morgan fingerprint density at radius 2 is 1.64 bits per heavy atom. The molecule has 0 unspecified atom stereocenters. The van der Waals surface area contributed by atoms with E-state index in [9.17, 15) is 18.9 Å². The van der Waals surface area contributed by atoms with E-state index in [1.165, 1.54) is 18.2 Å². The Labute approximate surface area is 146 Å². The maximum Gasteiger partial charge on any atom is 0.314 e. The van der Waals surface area contributed by atoms with Crippen LogP contribution < -0.4 is 4.74 Å². The molecule has 3 aromatic carbocycles. The highest BCUT2D eigenvalue weighted by atomic mass is 35.5. The van der Waals surface area contributed by atoms with Crippen molar-refractivity contribution in [3.63, 3.8) is 0 Å². The van der Waals surface area contributed by atoms with Gasteiger partial charge in [0.15, 0.2) is 0 Å². The summed E-state index contributed by atoms with van der Waals surface area (Å²) in [5, 5.41) is 11.0. The van der Waals surface area contributed by atoms with Crippen LogP contribution in [0.15, 0.2) is 60.7 Å². The summed E-state index contributed by atoms with van der Waals surface area (Å²) in [6.45, 7) is 0. The molecular formula is C18H10ClF2NO3. The predicted octanol–water partition coefficient (Wildman–Crippen LogP) is 5.99. The van der Waals surface area contributed by atoms with Crippen molar-refractivity contribution in [2.75, 3.05) is 0 Å². The zero-order valence-electron chi connectivity index (χ0n) is 12.6. The molecule has 25 heavy (non-hydrogen) atoms. The Bertz CT molecular complexity index is 963. The van der Waals surface area contributed by atoms with Gasteiger partial charge >= 0.3 is 5.69 Å². The van der Waals surface area contributed by atoms with E-state index in [2.05, 4.69) is 0 Å². The summed E-state index contributed by atoms with van der Waals surface area (Å²) >= 11 is 5.81. The number of nitro groups is 1. The minimum Gasteiger partial charge on any atom is -0.449 e. The van der Waals surface area contributed by atoms with Crippen LogP contribution in [0.2, 0.25) is 5.02 Å². The fourth-order valence-electron chi connectivity index (χ4n) is 2.33. The number of hydrogen-bond donors (Lipinski definition) is 0. The fraction of sp³-hybridized carbons (Fsp3) is 0. The molecule has 0 fully saturated rings. The lowest BCUT2D eigenvalue weighted by atomic mass is 10.0. The molecule has 0 saturated heterocycles. The van der Waals surface area contributed by atoms with Crippen LogP contribution in [0, 0.1) is 21.7 Å². The first-order valence-electron chi connectivity index (χ1n) is 7.12. The molecule has 0 aromatic heterocycles. The van der Waals surface area contributed by atoms with Gasteiger partial charge in [0.05, 0.1) is 16.0 Å². The molecule has 0 atom stereocenters. The van der Waals surface area contributed by atoms with E-state index < -0.39 is 22.2 Å². The number of nitrogens with zero attached hydrogens (tertiary/aromatic N) is 1. The van der Waals surface area contributed by atoms with Crippen LogP contribution in [-0.2, 0) is 0 Å². The Balaban J connectivity index is 2.09. The summed E-state index contributed by atoms with van der Waals surface area (Å²) in [7, 11) is 0. The monoisotopic (exact) mass is 361 g/mol. The third-order valence-corrected chi connectivity index (χ3v) is 3.76. The number of benzene rings is 3. The number of rotatable bonds is 4. The van der Waals surface area contributed by atoms with Crippen molar-refractivity contribution >= 4 is 17.3 Å². The molecule has 4 nitrogen and oxygen atoms in total. The number of nitro benzene ring substituents is 1. The highest BCUT2D eigenvalue weighted by Crippen LogP contribution is 2.39. The average molecular weight is 362 g/mol. The van der Waals surface area contributed by atoms with Crippen molar-refractivity contribution in [2.24, 2.45) is 0 Å². The van der Waals surface area contributed by atoms with Gasteiger partial charge < -0.3 is 4.74 Å². The minimum absolute atomic E-state index is 0.0555. The number of para-hydroxylation sites is 1. The summed E-state index contributed by atoms with van der Waals surface area (Å²) in [6.07, 6.45) is 0. The molecule has 0 aliphatic rings. The summed E-state index contributed by atoms with van der Waals surface area (Å²) in [4.78, 5) is 10.4. The molecule has 126 valence electrons. The second kappa shape index (κ2) is 6.86. The van der Waals surface area contributed by atoms with E-state index in [0.717, 1.165) is 18.2 Å². The molecule has 0 aliphatic carbocycles. The molecule has 0 spiro atoms. The van der Waals surface area contributed by atoms with E-state index >= 15 is 0 Å². The van der Waals surface area contributed by atoms with Crippen molar-refractivity contribution in [3.8, 4) is 22.6 Å². The zero-order chi connectivity index (χ0) is 18.0. The van der Waals surface area contributed by atoms with Crippen LogP contribution in [-0.4, -0.2) is 4.92 Å². The van der Waals surface area contributed by atoms with Gasteiger partial charge in [0, 0.05) is 11.1 Å². The topological polar surface area (TPSA) is 52.4 Å². The van der Waals surface area contributed by atoms with E-state index in [4.69, 9.17) is 16.3 Å². The quantitative estimate of drug-likeness (QED) is 0.424. The predicted molar refractivity (Wildman–Crippen MR) is 90.0 cm³/mol. The lowest BCUT2D eigenvalue weighted by Crippen LogP contribution is -1.96. The maximum atomic E-state index is 14.3. The summed E-state index contributed by atoms with van der Waals surface area (Å²) in [5.74, 6) is -1.36. The first-order chi connectivity index (χ1) is 12.0. The molecule has 0 radical (unpaired) electrons. The Morgan fingerprint density at radius 3 is 2.40 bits per heavy atom. The third-order valence-electron chi connectivity index (χ3n) is 3.47. The van der Waals surface area contributed by atoms with Gasteiger partial charge in [-0.15, -0.1) is 0 Å². The SMILES string of the molecule is O=[N+]([O-])c1cc(F)ccc1Oc1ccccc1-c1cccc(Cl)c1F. The Hall–Kier alpha value is -2.99. The molecule has 0 aliphatic heterocycles. The molecule has 7 heteroatoms.